The molecule has 5 heteroatoms. The smallest absolute Gasteiger partial charge is 0.265 e. The second-order valence-electron chi connectivity index (χ2n) is 9.79. The summed E-state index contributed by atoms with van der Waals surface area (Å²) in [7, 11) is -1.60. The maximum atomic E-state index is 11.2. The predicted octanol–water partition coefficient (Wildman–Crippen LogP) is 6.07. The Kier molecular flexibility index (Phi) is 12.9. The van der Waals surface area contributed by atoms with Gasteiger partial charge in [-0.25, -0.2) is 0 Å². The lowest BCUT2D eigenvalue weighted by molar-refractivity contribution is -0.900. The maximum Gasteiger partial charge on any atom is 0.265 e. The fraction of sp³-hybridized carbons (Fsp3) is 1.00. The molecular weight excluding hydrogens is 370 g/mol. The van der Waals surface area contributed by atoms with Crippen molar-refractivity contribution in [3.63, 3.8) is 0 Å². The van der Waals surface area contributed by atoms with E-state index in [4.69, 9.17) is 4.55 Å². The molecule has 3 atom stereocenters. The van der Waals surface area contributed by atoms with Crippen molar-refractivity contribution in [1.82, 2.24) is 0 Å². The van der Waals surface area contributed by atoms with Gasteiger partial charge in [0.05, 0.1) is 32.4 Å². The van der Waals surface area contributed by atoms with E-state index in [2.05, 4.69) is 20.9 Å². The minimum atomic E-state index is -3.85. The van der Waals surface area contributed by atoms with Crippen molar-refractivity contribution >= 4 is 10.1 Å². The van der Waals surface area contributed by atoms with Crippen molar-refractivity contribution in [2.24, 2.45) is 11.8 Å². The summed E-state index contributed by atoms with van der Waals surface area (Å²) in [5.41, 5.74) is 0. The van der Waals surface area contributed by atoms with E-state index in [9.17, 15) is 8.42 Å². The molecule has 0 bridgehead atoms. The molecule has 1 rings (SSSR count). The molecule has 0 radical (unpaired) electrons. The monoisotopic (exact) mass is 418 g/mol. The van der Waals surface area contributed by atoms with Crippen LogP contribution in [0.25, 0.3) is 0 Å². The highest BCUT2D eigenvalue weighted by molar-refractivity contribution is 7.85. The lowest BCUT2D eigenvalue weighted by Crippen LogP contribution is -2.43. The molecule has 1 fully saturated rings. The van der Waals surface area contributed by atoms with Crippen molar-refractivity contribution in [2.45, 2.75) is 104 Å². The van der Waals surface area contributed by atoms with Gasteiger partial charge in [-0.05, 0) is 12.8 Å². The zero-order chi connectivity index (χ0) is 20.9. The Morgan fingerprint density at radius 2 is 1.21 bits per heavy atom. The lowest BCUT2D eigenvalue weighted by atomic mass is 10.0. The largest absolute Gasteiger partial charge is 0.326 e. The van der Waals surface area contributed by atoms with Crippen molar-refractivity contribution in [3.8, 4) is 0 Å². The van der Waals surface area contributed by atoms with Gasteiger partial charge in [0.25, 0.3) is 10.1 Å². The van der Waals surface area contributed by atoms with Crippen LogP contribution in [0.3, 0.4) is 0 Å². The molecule has 0 aromatic rings. The van der Waals surface area contributed by atoms with Crippen LogP contribution in [0, 0.1) is 11.8 Å². The molecule has 0 aromatic heterocycles. The number of hydrogen-bond acceptors (Lipinski definition) is 2. The SMILES string of the molecule is CCCCCCCCCCCCCCCC[N+]1(C)CC(C)C(CS(=O)(=O)O)C1. The van der Waals surface area contributed by atoms with Crippen LogP contribution >= 0.6 is 0 Å². The molecule has 3 unspecified atom stereocenters. The van der Waals surface area contributed by atoms with Crippen LogP contribution in [-0.2, 0) is 10.1 Å². The Morgan fingerprint density at radius 1 is 0.786 bits per heavy atom. The van der Waals surface area contributed by atoms with Crippen molar-refractivity contribution in [2.75, 3.05) is 32.4 Å². The quantitative estimate of drug-likeness (QED) is 0.177. The topological polar surface area (TPSA) is 54.4 Å². The summed E-state index contributed by atoms with van der Waals surface area (Å²) in [4.78, 5) is 0. The number of likely N-dealkylation sites (tertiary alicyclic amines) is 1. The number of unbranched alkanes of at least 4 members (excludes halogenated alkanes) is 13. The molecule has 0 aromatic carbocycles. The molecule has 1 saturated heterocycles. The van der Waals surface area contributed by atoms with Crippen LogP contribution in [-0.4, -0.2) is 49.9 Å². The fourth-order valence-corrected chi connectivity index (χ4v) is 6.00. The Balaban J connectivity index is 1.96. The van der Waals surface area contributed by atoms with Crippen LogP contribution in [0.4, 0.5) is 0 Å². The summed E-state index contributed by atoms with van der Waals surface area (Å²) < 4.78 is 32.5. The van der Waals surface area contributed by atoms with Gasteiger partial charge in [-0.1, -0.05) is 90.9 Å². The van der Waals surface area contributed by atoms with E-state index >= 15 is 0 Å². The van der Waals surface area contributed by atoms with Gasteiger partial charge in [-0.3, -0.25) is 4.55 Å². The molecule has 1 aliphatic rings. The Morgan fingerprint density at radius 3 is 1.64 bits per heavy atom. The van der Waals surface area contributed by atoms with E-state index in [1.54, 1.807) is 0 Å². The number of rotatable bonds is 17. The van der Waals surface area contributed by atoms with Crippen LogP contribution in [0.5, 0.6) is 0 Å². The first kappa shape index (κ1) is 25.9. The van der Waals surface area contributed by atoms with Gasteiger partial charge in [0.15, 0.2) is 0 Å². The van der Waals surface area contributed by atoms with Crippen LogP contribution in [0.15, 0.2) is 0 Å². The maximum absolute atomic E-state index is 11.2. The zero-order valence-corrected chi connectivity index (χ0v) is 19.8. The standard InChI is InChI=1S/C23H47NO3S/c1-4-5-6-7-8-9-10-11-12-13-14-15-16-17-18-24(3)19-22(2)23(20-24)21-28(25,26)27/h22-23H,4-21H2,1-3H3/p+1. The summed E-state index contributed by atoms with van der Waals surface area (Å²) in [6, 6.07) is 0. The highest BCUT2D eigenvalue weighted by Gasteiger charge is 2.41. The molecule has 0 aliphatic carbocycles. The molecule has 1 N–H and O–H groups in total. The summed E-state index contributed by atoms with van der Waals surface area (Å²) in [5, 5.41) is 0. The average molecular weight is 419 g/mol. The third-order valence-electron chi connectivity index (χ3n) is 6.68. The second kappa shape index (κ2) is 14.0. The first-order valence-electron chi connectivity index (χ1n) is 12.0. The van der Waals surface area contributed by atoms with Crippen molar-refractivity contribution < 1.29 is 17.5 Å². The molecule has 0 amide bonds. The first-order chi connectivity index (χ1) is 13.3. The van der Waals surface area contributed by atoms with E-state index in [-0.39, 0.29) is 11.7 Å². The Bertz CT molecular complexity index is 494. The molecule has 28 heavy (non-hydrogen) atoms. The minimum Gasteiger partial charge on any atom is -0.326 e. The Hall–Kier alpha value is -0.130. The molecule has 0 spiro atoms. The summed E-state index contributed by atoms with van der Waals surface area (Å²) >= 11 is 0. The second-order valence-corrected chi connectivity index (χ2v) is 11.3. The lowest BCUT2D eigenvalue weighted by Gasteiger charge is -2.30. The molecular formula is C23H48NO3S+. The van der Waals surface area contributed by atoms with Crippen molar-refractivity contribution in [3.05, 3.63) is 0 Å². The third kappa shape index (κ3) is 12.4. The minimum absolute atomic E-state index is 0.0687. The summed E-state index contributed by atoms with van der Waals surface area (Å²) in [6.45, 7) is 7.48. The van der Waals surface area contributed by atoms with Gasteiger partial charge in [-0.2, -0.15) is 8.42 Å². The van der Waals surface area contributed by atoms with Crippen molar-refractivity contribution in [1.29, 1.82) is 0 Å². The summed E-state index contributed by atoms with van der Waals surface area (Å²) in [6.07, 6.45) is 19.3. The third-order valence-corrected chi connectivity index (χ3v) is 7.53. The number of quaternary nitrogens is 1. The van der Waals surface area contributed by atoms with E-state index in [0.717, 1.165) is 24.1 Å². The van der Waals surface area contributed by atoms with Gasteiger partial charge >= 0.3 is 0 Å². The normalized spacial score (nSPS) is 25.4. The van der Waals surface area contributed by atoms with Gasteiger partial charge in [0.1, 0.15) is 0 Å². The van der Waals surface area contributed by atoms with E-state index < -0.39 is 10.1 Å². The first-order valence-corrected chi connectivity index (χ1v) is 13.7. The average Bonchev–Trinajstić information content (AvgIpc) is 2.87. The molecule has 4 nitrogen and oxygen atoms in total. The van der Waals surface area contributed by atoms with E-state index in [1.807, 2.05) is 0 Å². The molecule has 168 valence electrons. The highest BCUT2D eigenvalue weighted by Crippen LogP contribution is 2.29. The van der Waals surface area contributed by atoms with Gasteiger partial charge in [-0.15, -0.1) is 0 Å². The van der Waals surface area contributed by atoms with Crippen LogP contribution in [0.2, 0.25) is 0 Å². The van der Waals surface area contributed by atoms with Crippen LogP contribution in [0.1, 0.15) is 104 Å². The fourth-order valence-electron chi connectivity index (χ4n) is 5.02. The number of hydrogen-bond donors (Lipinski definition) is 1. The van der Waals surface area contributed by atoms with E-state index in [0.29, 0.717) is 5.92 Å². The Labute approximate surface area is 175 Å². The van der Waals surface area contributed by atoms with Gasteiger partial charge < -0.3 is 4.48 Å². The zero-order valence-electron chi connectivity index (χ0n) is 19.0. The van der Waals surface area contributed by atoms with E-state index in [1.165, 1.54) is 89.9 Å². The number of nitrogens with zero attached hydrogens (tertiary/aromatic N) is 1. The van der Waals surface area contributed by atoms with Gasteiger partial charge in [0.2, 0.25) is 0 Å². The van der Waals surface area contributed by atoms with Crippen LogP contribution < -0.4 is 0 Å². The van der Waals surface area contributed by atoms with Gasteiger partial charge in [0, 0.05) is 11.8 Å². The molecule has 1 heterocycles. The summed E-state index contributed by atoms with van der Waals surface area (Å²) in [5.74, 6) is 0.408. The highest BCUT2D eigenvalue weighted by atomic mass is 32.2. The molecule has 0 saturated carbocycles. The molecule has 1 aliphatic heterocycles. The predicted molar refractivity (Wildman–Crippen MR) is 120 cm³/mol.